The molecule has 116 valence electrons. The standard InChI is InChI=1S/C17H30O3/c1-2-3-4-5-7-10-13-16(18)14-11-8-6-9-12-15-17(19)20/h2H,1,3-15H2,(H,19,20). The lowest BCUT2D eigenvalue weighted by molar-refractivity contribution is -0.137. The van der Waals surface area contributed by atoms with Gasteiger partial charge in [0.2, 0.25) is 0 Å². The minimum Gasteiger partial charge on any atom is -0.481 e. The third kappa shape index (κ3) is 14.9. The van der Waals surface area contributed by atoms with Crippen LogP contribution in [-0.4, -0.2) is 16.9 Å². The number of carbonyl (C=O) groups is 2. The fourth-order valence-electron chi connectivity index (χ4n) is 2.22. The second kappa shape index (κ2) is 14.3. The first-order chi connectivity index (χ1) is 9.66. The number of Topliss-reactive ketones (excluding diaryl/α,β-unsaturated/α-hetero) is 1. The Bertz CT molecular complexity index is 271. The zero-order chi connectivity index (χ0) is 15.1. The zero-order valence-corrected chi connectivity index (χ0v) is 12.7. The number of rotatable bonds is 15. The topological polar surface area (TPSA) is 54.4 Å². The molecule has 0 aromatic heterocycles. The van der Waals surface area contributed by atoms with Crippen molar-refractivity contribution in [1.82, 2.24) is 0 Å². The summed E-state index contributed by atoms with van der Waals surface area (Å²) in [6.45, 7) is 3.69. The molecule has 0 aliphatic rings. The van der Waals surface area contributed by atoms with Gasteiger partial charge < -0.3 is 5.11 Å². The van der Waals surface area contributed by atoms with E-state index in [4.69, 9.17) is 5.11 Å². The number of carboxylic acid groups (broad SMARTS) is 1. The molecule has 0 saturated carbocycles. The smallest absolute Gasteiger partial charge is 0.303 e. The summed E-state index contributed by atoms with van der Waals surface area (Å²) in [6.07, 6.45) is 14.0. The van der Waals surface area contributed by atoms with Crippen molar-refractivity contribution in [3.8, 4) is 0 Å². The summed E-state index contributed by atoms with van der Waals surface area (Å²) in [6, 6.07) is 0. The fourth-order valence-corrected chi connectivity index (χ4v) is 2.22. The first kappa shape index (κ1) is 18.9. The van der Waals surface area contributed by atoms with Crippen molar-refractivity contribution < 1.29 is 14.7 Å². The number of ketones is 1. The Balaban J connectivity index is 3.20. The Kier molecular flexibility index (Phi) is 13.5. The van der Waals surface area contributed by atoms with Crippen molar-refractivity contribution in [3.05, 3.63) is 12.7 Å². The highest BCUT2D eigenvalue weighted by Crippen LogP contribution is 2.11. The summed E-state index contributed by atoms with van der Waals surface area (Å²) in [4.78, 5) is 21.9. The molecule has 0 aliphatic carbocycles. The minimum absolute atomic E-state index is 0.269. The average molecular weight is 282 g/mol. The van der Waals surface area contributed by atoms with E-state index in [0.717, 1.165) is 57.8 Å². The van der Waals surface area contributed by atoms with Crippen molar-refractivity contribution in [1.29, 1.82) is 0 Å². The van der Waals surface area contributed by atoms with Gasteiger partial charge in [-0.1, -0.05) is 38.2 Å². The second-order valence-corrected chi connectivity index (χ2v) is 5.44. The molecule has 0 heterocycles. The van der Waals surface area contributed by atoms with Crippen molar-refractivity contribution in [2.75, 3.05) is 0 Å². The van der Waals surface area contributed by atoms with Gasteiger partial charge in [-0.05, 0) is 32.1 Å². The van der Waals surface area contributed by atoms with Gasteiger partial charge in [-0.3, -0.25) is 9.59 Å². The summed E-state index contributed by atoms with van der Waals surface area (Å²) in [7, 11) is 0. The Hall–Kier alpha value is -1.12. The van der Waals surface area contributed by atoms with E-state index in [2.05, 4.69) is 6.58 Å². The Morgan fingerprint density at radius 1 is 0.750 bits per heavy atom. The first-order valence-electron chi connectivity index (χ1n) is 8.01. The third-order valence-electron chi connectivity index (χ3n) is 3.46. The van der Waals surface area contributed by atoms with E-state index in [1.54, 1.807) is 0 Å². The molecule has 0 aromatic rings. The van der Waals surface area contributed by atoms with Crippen LogP contribution in [0.25, 0.3) is 0 Å². The van der Waals surface area contributed by atoms with Crippen LogP contribution in [0, 0.1) is 0 Å². The molecule has 0 saturated heterocycles. The minimum atomic E-state index is -0.715. The van der Waals surface area contributed by atoms with Crippen LogP contribution in [0.15, 0.2) is 12.7 Å². The third-order valence-corrected chi connectivity index (χ3v) is 3.46. The summed E-state index contributed by atoms with van der Waals surface area (Å²) < 4.78 is 0. The van der Waals surface area contributed by atoms with Gasteiger partial charge >= 0.3 is 5.97 Å². The lowest BCUT2D eigenvalue weighted by Gasteiger charge is -2.02. The van der Waals surface area contributed by atoms with Crippen molar-refractivity contribution >= 4 is 11.8 Å². The van der Waals surface area contributed by atoms with E-state index in [1.807, 2.05) is 6.08 Å². The lowest BCUT2D eigenvalue weighted by Crippen LogP contribution is -1.98. The normalized spacial score (nSPS) is 10.4. The Morgan fingerprint density at radius 3 is 1.70 bits per heavy atom. The maximum Gasteiger partial charge on any atom is 0.303 e. The molecule has 3 heteroatoms. The highest BCUT2D eigenvalue weighted by molar-refractivity contribution is 5.78. The number of aliphatic carboxylic acids is 1. The van der Waals surface area contributed by atoms with Gasteiger partial charge in [0.25, 0.3) is 0 Å². The van der Waals surface area contributed by atoms with Crippen LogP contribution in [0.5, 0.6) is 0 Å². The van der Waals surface area contributed by atoms with E-state index in [0.29, 0.717) is 12.2 Å². The van der Waals surface area contributed by atoms with Gasteiger partial charge in [-0.25, -0.2) is 0 Å². The molecule has 0 rings (SSSR count). The predicted molar refractivity (Wildman–Crippen MR) is 82.9 cm³/mol. The molecule has 0 unspecified atom stereocenters. The molecule has 3 nitrogen and oxygen atoms in total. The average Bonchev–Trinajstić information content (AvgIpc) is 2.41. The quantitative estimate of drug-likeness (QED) is 0.343. The van der Waals surface area contributed by atoms with Crippen LogP contribution in [0.4, 0.5) is 0 Å². The van der Waals surface area contributed by atoms with Crippen LogP contribution in [0.2, 0.25) is 0 Å². The van der Waals surface area contributed by atoms with Crippen LogP contribution in [0.1, 0.15) is 83.5 Å². The van der Waals surface area contributed by atoms with E-state index in [9.17, 15) is 9.59 Å². The molecule has 0 aliphatic heterocycles. The highest BCUT2D eigenvalue weighted by Gasteiger charge is 2.02. The number of carboxylic acids is 1. The predicted octanol–water partition coefficient (Wildman–Crippen LogP) is 4.90. The maximum absolute atomic E-state index is 11.6. The second-order valence-electron chi connectivity index (χ2n) is 5.44. The molecular weight excluding hydrogens is 252 g/mol. The molecule has 0 fully saturated rings. The monoisotopic (exact) mass is 282 g/mol. The molecule has 1 N–H and O–H groups in total. The first-order valence-corrected chi connectivity index (χ1v) is 8.01. The van der Waals surface area contributed by atoms with E-state index >= 15 is 0 Å². The SMILES string of the molecule is C=CCCCCCCC(=O)CCCCCCCC(=O)O. The molecule has 0 bridgehead atoms. The van der Waals surface area contributed by atoms with Gasteiger partial charge in [0.15, 0.2) is 0 Å². The van der Waals surface area contributed by atoms with Crippen molar-refractivity contribution in [2.45, 2.75) is 83.5 Å². The molecule has 0 amide bonds. The molecular formula is C17H30O3. The maximum atomic E-state index is 11.6. The van der Waals surface area contributed by atoms with Crippen LogP contribution >= 0.6 is 0 Å². The number of hydrogen-bond acceptors (Lipinski definition) is 2. The Labute approximate surface area is 123 Å². The van der Waals surface area contributed by atoms with Gasteiger partial charge in [0.1, 0.15) is 5.78 Å². The summed E-state index contributed by atoms with van der Waals surface area (Å²) in [5.74, 6) is -0.326. The van der Waals surface area contributed by atoms with Gasteiger partial charge in [0, 0.05) is 19.3 Å². The number of hydrogen-bond donors (Lipinski definition) is 1. The molecule has 20 heavy (non-hydrogen) atoms. The zero-order valence-electron chi connectivity index (χ0n) is 12.7. The van der Waals surface area contributed by atoms with E-state index in [-0.39, 0.29) is 6.42 Å². The number of carbonyl (C=O) groups excluding carboxylic acids is 1. The fraction of sp³-hybridized carbons (Fsp3) is 0.765. The lowest BCUT2D eigenvalue weighted by atomic mass is 10.0. The summed E-state index contributed by atoms with van der Waals surface area (Å²) >= 11 is 0. The van der Waals surface area contributed by atoms with Crippen molar-refractivity contribution in [2.24, 2.45) is 0 Å². The molecule has 0 radical (unpaired) electrons. The van der Waals surface area contributed by atoms with Crippen molar-refractivity contribution in [3.63, 3.8) is 0 Å². The van der Waals surface area contributed by atoms with Crippen LogP contribution < -0.4 is 0 Å². The molecule has 0 aromatic carbocycles. The number of allylic oxidation sites excluding steroid dienone is 1. The molecule has 0 atom stereocenters. The number of unbranched alkanes of at least 4 members (excludes halogenated alkanes) is 8. The largest absolute Gasteiger partial charge is 0.481 e. The highest BCUT2D eigenvalue weighted by atomic mass is 16.4. The van der Waals surface area contributed by atoms with E-state index in [1.165, 1.54) is 12.8 Å². The van der Waals surface area contributed by atoms with Gasteiger partial charge in [0.05, 0.1) is 0 Å². The summed E-state index contributed by atoms with van der Waals surface area (Å²) in [5, 5.41) is 8.49. The van der Waals surface area contributed by atoms with Crippen LogP contribution in [-0.2, 0) is 9.59 Å². The summed E-state index contributed by atoms with van der Waals surface area (Å²) in [5.41, 5.74) is 0. The van der Waals surface area contributed by atoms with Crippen LogP contribution in [0.3, 0.4) is 0 Å². The van der Waals surface area contributed by atoms with E-state index < -0.39 is 5.97 Å². The van der Waals surface area contributed by atoms with Gasteiger partial charge in [-0.15, -0.1) is 6.58 Å². The van der Waals surface area contributed by atoms with Gasteiger partial charge in [-0.2, -0.15) is 0 Å². The molecule has 0 spiro atoms. The Morgan fingerprint density at radius 2 is 1.20 bits per heavy atom.